The summed E-state index contributed by atoms with van der Waals surface area (Å²) in [6, 6.07) is 8.49. The predicted octanol–water partition coefficient (Wildman–Crippen LogP) is 2.88. The zero-order valence-electron chi connectivity index (χ0n) is 12.5. The standard InChI is InChI=1S/C16H23ClN2O2/c1-2-15(13-4-3-5-14(17)12-13)19-10-8-18(9-11-19)7-6-16(20)21/h3-5,12,15H,2,6-11H2,1H3,(H,20,21). The Morgan fingerprint density at radius 2 is 2.05 bits per heavy atom. The average molecular weight is 311 g/mol. The summed E-state index contributed by atoms with van der Waals surface area (Å²) >= 11 is 6.10. The molecule has 2 rings (SSSR count). The van der Waals surface area contributed by atoms with Crippen LogP contribution in [0.15, 0.2) is 24.3 Å². The Morgan fingerprint density at radius 3 is 2.62 bits per heavy atom. The number of carboxylic acids is 1. The van der Waals surface area contributed by atoms with Crippen molar-refractivity contribution >= 4 is 17.6 Å². The second kappa shape index (κ2) is 7.78. The average Bonchev–Trinajstić information content (AvgIpc) is 2.47. The Morgan fingerprint density at radius 1 is 1.33 bits per heavy atom. The van der Waals surface area contributed by atoms with Gasteiger partial charge in [-0.05, 0) is 24.1 Å². The van der Waals surface area contributed by atoms with Gasteiger partial charge in [0.05, 0.1) is 6.42 Å². The van der Waals surface area contributed by atoms with Gasteiger partial charge in [-0.3, -0.25) is 9.69 Å². The van der Waals surface area contributed by atoms with Gasteiger partial charge in [-0.1, -0.05) is 30.7 Å². The lowest BCUT2D eigenvalue weighted by Gasteiger charge is -2.39. The van der Waals surface area contributed by atoms with Crippen molar-refractivity contribution in [3.05, 3.63) is 34.9 Å². The maximum absolute atomic E-state index is 10.6. The lowest BCUT2D eigenvalue weighted by Crippen LogP contribution is -2.47. The molecule has 0 spiro atoms. The van der Waals surface area contributed by atoms with Gasteiger partial charge in [0.25, 0.3) is 0 Å². The first-order chi connectivity index (χ1) is 10.1. The summed E-state index contributed by atoms with van der Waals surface area (Å²) in [6.07, 6.45) is 1.28. The van der Waals surface area contributed by atoms with Gasteiger partial charge in [0.1, 0.15) is 0 Å². The molecule has 1 heterocycles. The van der Waals surface area contributed by atoms with E-state index in [0.717, 1.165) is 37.6 Å². The molecule has 1 fully saturated rings. The molecule has 1 saturated heterocycles. The highest BCUT2D eigenvalue weighted by atomic mass is 35.5. The van der Waals surface area contributed by atoms with Crippen molar-refractivity contribution in [2.45, 2.75) is 25.8 Å². The highest BCUT2D eigenvalue weighted by Gasteiger charge is 2.24. The van der Waals surface area contributed by atoms with Crippen molar-refractivity contribution in [2.75, 3.05) is 32.7 Å². The van der Waals surface area contributed by atoms with Gasteiger partial charge in [-0.15, -0.1) is 0 Å². The number of halogens is 1. The highest BCUT2D eigenvalue weighted by Crippen LogP contribution is 2.27. The largest absolute Gasteiger partial charge is 0.481 e. The van der Waals surface area contributed by atoms with E-state index >= 15 is 0 Å². The molecule has 21 heavy (non-hydrogen) atoms. The minimum atomic E-state index is -0.720. The molecule has 1 atom stereocenters. The second-order valence-corrected chi connectivity index (χ2v) is 5.94. The number of hydrogen-bond acceptors (Lipinski definition) is 3. The van der Waals surface area contributed by atoms with Crippen LogP contribution in [0.4, 0.5) is 0 Å². The Balaban J connectivity index is 1.92. The number of carboxylic acid groups (broad SMARTS) is 1. The molecule has 1 aliphatic rings. The number of rotatable bonds is 6. The van der Waals surface area contributed by atoms with Crippen molar-refractivity contribution in [3.8, 4) is 0 Å². The molecule has 1 aliphatic heterocycles. The molecule has 5 heteroatoms. The molecule has 1 aromatic carbocycles. The van der Waals surface area contributed by atoms with E-state index in [2.05, 4.69) is 22.8 Å². The summed E-state index contributed by atoms with van der Waals surface area (Å²) in [7, 11) is 0. The summed E-state index contributed by atoms with van der Waals surface area (Å²) in [5, 5.41) is 9.53. The monoisotopic (exact) mass is 310 g/mol. The van der Waals surface area contributed by atoms with Crippen molar-refractivity contribution < 1.29 is 9.90 Å². The number of aliphatic carboxylic acids is 1. The van der Waals surface area contributed by atoms with Crippen LogP contribution in [0.25, 0.3) is 0 Å². The summed E-state index contributed by atoms with van der Waals surface area (Å²) < 4.78 is 0. The highest BCUT2D eigenvalue weighted by molar-refractivity contribution is 6.30. The molecule has 116 valence electrons. The maximum Gasteiger partial charge on any atom is 0.304 e. The van der Waals surface area contributed by atoms with Crippen molar-refractivity contribution in [3.63, 3.8) is 0 Å². The van der Waals surface area contributed by atoms with Crippen molar-refractivity contribution in [1.82, 2.24) is 9.80 Å². The summed E-state index contributed by atoms with van der Waals surface area (Å²) in [5.74, 6) is -0.720. The lowest BCUT2D eigenvalue weighted by atomic mass is 10.0. The third kappa shape index (κ3) is 4.70. The zero-order valence-corrected chi connectivity index (χ0v) is 13.2. The third-order valence-electron chi connectivity index (χ3n) is 4.11. The van der Waals surface area contributed by atoms with Crippen LogP contribution in [0.1, 0.15) is 31.4 Å². The fourth-order valence-electron chi connectivity index (χ4n) is 2.97. The zero-order chi connectivity index (χ0) is 15.2. The number of nitrogens with zero attached hydrogens (tertiary/aromatic N) is 2. The summed E-state index contributed by atoms with van der Waals surface area (Å²) in [4.78, 5) is 15.3. The number of piperazine rings is 1. The second-order valence-electron chi connectivity index (χ2n) is 5.50. The van der Waals surface area contributed by atoms with Crippen LogP contribution in [-0.2, 0) is 4.79 Å². The molecule has 0 aromatic heterocycles. The molecule has 0 bridgehead atoms. The van der Waals surface area contributed by atoms with Gasteiger partial charge in [0.15, 0.2) is 0 Å². The van der Waals surface area contributed by atoms with Gasteiger partial charge >= 0.3 is 5.97 Å². The van der Waals surface area contributed by atoms with E-state index in [1.807, 2.05) is 18.2 Å². The molecule has 4 nitrogen and oxygen atoms in total. The molecular weight excluding hydrogens is 288 g/mol. The smallest absolute Gasteiger partial charge is 0.304 e. The van der Waals surface area contributed by atoms with Gasteiger partial charge in [-0.25, -0.2) is 0 Å². The van der Waals surface area contributed by atoms with Gasteiger partial charge < -0.3 is 10.0 Å². The van der Waals surface area contributed by atoms with E-state index in [1.54, 1.807) is 0 Å². The van der Waals surface area contributed by atoms with E-state index in [4.69, 9.17) is 16.7 Å². The van der Waals surface area contributed by atoms with Crippen LogP contribution < -0.4 is 0 Å². The summed E-state index contributed by atoms with van der Waals surface area (Å²) in [6.45, 7) is 6.67. The van der Waals surface area contributed by atoms with Crippen molar-refractivity contribution in [2.24, 2.45) is 0 Å². The van der Waals surface area contributed by atoms with Gasteiger partial charge in [-0.2, -0.15) is 0 Å². The molecule has 0 saturated carbocycles. The minimum absolute atomic E-state index is 0.228. The van der Waals surface area contributed by atoms with Crippen LogP contribution in [0.3, 0.4) is 0 Å². The Labute approximate surface area is 131 Å². The van der Waals surface area contributed by atoms with E-state index in [1.165, 1.54) is 5.56 Å². The number of carbonyl (C=O) groups is 1. The Kier molecular flexibility index (Phi) is 6.03. The van der Waals surface area contributed by atoms with Crippen LogP contribution in [0, 0.1) is 0 Å². The van der Waals surface area contributed by atoms with E-state index < -0.39 is 5.97 Å². The molecular formula is C16H23ClN2O2. The first-order valence-electron chi connectivity index (χ1n) is 7.54. The SMILES string of the molecule is CCC(c1cccc(Cl)c1)N1CCN(CCC(=O)O)CC1. The first kappa shape index (κ1) is 16.3. The fourth-order valence-corrected chi connectivity index (χ4v) is 3.17. The quantitative estimate of drug-likeness (QED) is 0.877. The molecule has 0 amide bonds. The maximum atomic E-state index is 10.6. The molecule has 1 unspecified atom stereocenters. The van der Waals surface area contributed by atoms with Crippen LogP contribution >= 0.6 is 11.6 Å². The normalized spacial score (nSPS) is 18.6. The topological polar surface area (TPSA) is 43.8 Å². The number of hydrogen-bond donors (Lipinski definition) is 1. The van der Waals surface area contributed by atoms with Crippen molar-refractivity contribution in [1.29, 1.82) is 0 Å². The van der Waals surface area contributed by atoms with E-state index in [-0.39, 0.29) is 6.42 Å². The molecule has 0 radical (unpaired) electrons. The van der Waals surface area contributed by atoms with Crippen LogP contribution in [0.5, 0.6) is 0 Å². The third-order valence-corrected chi connectivity index (χ3v) is 4.34. The Bertz CT molecular complexity index is 473. The van der Waals surface area contributed by atoms with E-state index in [0.29, 0.717) is 12.6 Å². The predicted molar refractivity (Wildman–Crippen MR) is 84.7 cm³/mol. The van der Waals surface area contributed by atoms with Crippen LogP contribution in [0.2, 0.25) is 5.02 Å². The minimum Gasteiger partial charge on any atom is -0.481 e. The van der Waals surface area contributed by atoms with Gasteiger partial charge in [0, 0.05) is 43.8 Å². The lowest BCUT2D eigenvalue weighted by molar-refractivity contribution is -0.137. The van der Waals surface area contributed by atoms with E-state index in [9.17, 15) is 4.79 Å². The Hall–Kier alpha value is -1.10. The van der Waals surface area contributed by atoms with Gasteiger partial charge in [0.2, 0.25) is 0 Å². The van der Waals surface area contributed by atoms with Crippen LogP contribution in [-0.4, -0.2) is 53.6 Å². The molecule has 0 aliphatic carbocycles. The molecule has 1 aromatic rings. The fraction of sp³-hybridized carbons (Fsp3) is 0.562. The molecule has 1 N–H and O–H groups in total. The first-order valence-corrected chi connectivity index (χ1v) is 7.91. The summed E-state index contributed by atoms with van der Waals surface area (Å²) in [5.41, 5.74) is 1.27. The number of benzene rings is 1.